The molecule has 5 rings (SSSR count). The van der Waals surface area contributed by atoms with Crippen LogP contribution in [0.5, 0.6) is 0 Å². The number of amides is 1. The van der Waals surface area contributed by atoms with Crippen molar-refractivity contribution in [2.24, 2.45) is 7.05 Å². The summed E-state index contributed by atoms with van der Waals surface area (Å²) in [5.74, 6) is 0.178. The highest BCUT2D eigenvalue weighted by Gasteiger charge is 2.27. The number of nitrogens with zero attached hydrogens (tertiary/aromatic N) is 4. The lowest BCUT2D eigenvalue weighted by Crippen LogP contribution is -2.38. The first-order valence-electron chi connectivity index (χ1n) is 11.4. The number of hydrogen-bond donors (Lipinski definition) is 0. The number of aromatic nitrogens is 2. The Morgan fingerprint density at radius 3 is 2.32 bits per heavy atom. The number of carbonyl (C=O) groups is 1. The van der Waals surface area contributed by atoms with Gasteiger partial charge in [0.1, 0.15) is 0 Å². The summed E-state index contributed by atoms with van der Waals surface area (Å²) in [6.45, 7) is 4.69. The van der Waals surface area contributed by atoms with Crippen molar-refractivity contribution in [1.29, 1.82) is 0 Å². The molecule has 0 radical (unpaired) electrons. The lowest BCUT2D eigenvalue weighted by molar-refractivity contribution is 0.0773. The number of rotatable bonds is 6. The van der Waals surface area contributed by atoms with E-state index in [1.165, 1.54) is 0 Å². The van der Waals surface area contributed by atoms with Crippen LogP contribution in [0.3, 0.4) is 0 Å². The summed E-state index contributed by atoms with van der Waals surface area (Å²) in [6.07, 6.45) is 4.14. The zero-order valence-electron chi connectivity index (χ0n) is 18.2. The molecule has 3 aromatic rings. The lowest BCUT2D eigenvalue weighted by Gasteiger charge is -2.32. The van der Waals surface area contributed by atoms with Gasteiger partial charge in [-0.2, -0.15) is 0 Å². The third-order valence-electron chi connectivity index (χ3n) is 6.97. The van der Waals surface area contributed by atoms with Gasteiger partial charge in [-0.1, -0.05) is 30.3 Å². The smallest absolute Gasteiger partial charge is 0.329 e. The van der Waals surface area contributed by atoms with Crippen molar-refractivity contribution in [1.82, 2.24) is 18.9 Å². The minimum Gasteiger partial charge on any atom is -0.334 e. The predicted molar refractivity (Wildman–Crippen MR) is 122 cm³/mol. The summed E-state index contributed by atoms with van der Waals surface area (Å²) in [5.41, 5.74) is 4.17. The lowest BCUT2D eigenvalue weighted by atomic mass is 10.0. The van der Waals surface area contributed by atoms with Gasteiger partial charge in [-0.3, -0.25) is 13.9 Å². The molecule has 2 aliphatic heterocycles. The van der Waals surface area contributed by atoms with Gasteiger partial charge in [-0.15, -0.1) is 0 Å². The van der Waals surface area contributed by atoms with Crippen LogP contribution in [0.2, 0.25) is 0 Å². The fourth-order valence-electron chi connectivity index (χ4n) is 5.21. The van der Waals surface area contributed by atoms with Crippen LogP contribution in [0.15, 0.2) is 53.3 Å². The summed E-state index contributed by atoms with van der Waals surface area (Å²) in [4.78, 5) is 29.7. The Hall–Kier alpha value is -2.86. The maximum Gasteiger partial charge on any atom is 0.329 e. The van der Waals surface area contributed by atoms with Crippen molar-refractivity contribution in [3.8, 4) is 0 Å². The monoisotopic (exact) mass is 418 g/mol. The molecule has 1 saturated heterocycles. The highest BCUT2D eigenvalue weighted by molar-refractivity contribution is 5.98. The molecule has 31 heavy (non-hydrogen) atoms. The number of benzene rings is 2. The fourth-order valence-corrected chi connectivity index (χ4v) is 5.21. The minimum atomic E-state index is 0.0935. The number of aryl methyl sites for hydroxylation is 1. The molecule has 0 bridgehead atoms. The van der Waals surface area contributed by atoms with E-state index in [1.54, 1.807) is 4.57 Å². The second-order valence-corrected chi connectivity index (χ2v) is 8.86. The Bertz CT molecular complexity index is 1150. The van der Waals surface area contributed by atoms with Crippen LogP contribution >= 0.6 is 0 Å². The molecule has 1 amide bonds. The molecule has 0 N–H and O–H groups in total. The number of fused-ring (bicyclic) bond motifs is 2. The van der Waals surface area contributed by atoms with E-state index in [0.717, 1.165) is 80.6 Å². The van der Waals surface area contributed by atoms with Gasteiger partial charge in [-0.05, 0) is 56.0 Å². The molecule has 0 atom stereocenters. The van der Waals surface area contributed by atoms with Crippen molar-refractivity contribution in [2.45, 2.75) is 38.3 Å². The molecule has 0 saturated carbocycles. The van der Waals surface area contributed by atoms with Crippen molar-refractivity contribution >= 4 is 16.9 Å². The molecule has 1 fully saturated rings. The van der Waals surface area contributed by atoms with Crippen LogP contribution in [0.1, 0.15) is 47.6 Å². The van der Waals surface area contributed by atoms with E-state index in [-0.39, 0.29) is 17.6 Å². The van der Waals surface area contributed by atoms with Crippen LogP contribution in [-0.2, 0) is 13.6 Å². The van der Waals surface area contributed by atoms with Crippen LogP contribution in [0.25, 0.3) is 11.0 Å². The largest absolute Gasteiger partial charge is 0.334 e. The quantitative estimate of drug-likeness (QED) is 0.577. The van der Waals surface area contributed by atoms with E-state index in [0.29, 0.717) is 0 Å². The van der Waals surface area contributed by atoms with E-state index in [4.69, 9.17) is 0 Å². The fraction of sp³-hybridized carbons (Fsp3) is 0.440. The molecular weight excluding hydrogens is 388 g/mol. The van der Waals surface area contributed by atoms with Crippen LogP contribution in [0, 0.1) is 0 Å². The summed E-state index contributed by atoms with van der Waals surface area (Å²) in [6, 6.07) is 16.3. The van der Waals surface area contributed by atoms with Gasteiger partial charge in [0, 0.05) is 44.8 Å². The summed E-state index contributed by atoms with van der Waals surface area (Å²) in [7, 11) is 1.86. The van der Waals surface area contributed by atoms with Crippen molar-refractivity contribution in [3.63, 3.8) is 0 Å². The Labute approximate surface area is 182 Å². The van der Waals surface area contributed by atoms with Gasteiger partial charge >= 0.3 is 5.69 Å². The number of piperidine rings is 1. The average molecular weight is 419 g/mol. The number of para-hydroxylation sites is 2. The molecule has 6 nitrogen and oxygen atoms in total. The number of carbonyl (C=O) groups excluding carboxylic acids is 1. The number of imidazole rings is 1. The molecule has 2 aliphatic rings. The highest BCUT2D eigenvalue weighted by atomic mass is 16.2. The summed E-state index contributed by atoms with van der Waals surface area (Å²) < 4.78 is 3.77. The molecule has 0 unspecified atom stereocenters. The minimum absolute atomic E-state index is 0.0935. The molecule has 162 valence electrons. The molecule has 2 aromatic carbocycles. The van der Waals surface area contributed by atoms with Gasteiger partial charge in [-0.25, -0.2) is 4.79 Å². The first-order chi connectivity index (χ1) is 15.1. The van der Waals surface area contributed by atoms with Crippen molar-refractivity contribution < 1.29 is 4.79 Å². The van der Waals surface area contributed by atoms with Crippen molar-refractivity contribution in [3.05, 3.63) is 70.1 Å². The maximum atomic E-state index is 12.8. The first-order valence-corrected chi connectivity index (χ1v) is 11.4. The first kappa shape index (κ1) is 20.1. The number of hydrogen-bond acceptors (Lipinski definition) is 3. The van der Waals surface area contributed by atoms with E-state index < -0.39 is 0 Å². The van der Waals surface area contributed by atoms with E-state index >= 15 is 0 Å². The van der Waals surface area contributed by atoms with E-state index in [2.05, 4.69) is 17.0 Å². The van der Waals surface area contributed by atoms with E-state index in [1.807, 2.05) is 52.9 Å². The zero-order chi connectivity index (χ0) is 21.4. The molecule has 1 aromatic heterocycles. The molecule has 3 heterocycles. The Balaban J connectivity index is 1.11. The Morgan fingerprint density at radius 1 is 0.871 bits per heavy atom. The molecule has 0 spiro atoms. The molecule has 6 heteroatoms. The van der Waals surface area contributed by atoms with E-state index in [9.17, 15) is 9.59 Å². The zero-order valence-corrected chi connectivity index (χ0v) is 18.2. The normalized spacial score (nSPS) is 17.6. The van der Waals surface area contributed by atoms with Crippen LogP contribution < -0.4 is 5.69 Å². The van der Waals surface area contributed by atoms with Gasteiger partial charge < -0.3 is 9.80 Å². The summed E-state index contributed by atoms with van der Waals surface area (Å²) in [5, 5.41) is 0. The highest BCUT2D eigenvalue weighted by Crippen LogP contribution is 2.26. The van der Waals surface area contributed by atoms with Gasteiger partial charge in [0.15, 0.2) is 0 Å². The maximum absolute atomic E-state index is 12.8. The number of unbranched alkanes of at least 4 members (excludes halogenated alkanes) is 1. The third kappa shape index (κ3) is 3.69. The molecule has 0 aliphatic carbocycles. The topological polar surface area (TPSA) is 50.5 Å². The van der Waals surface area contributed by atoms with Crippen molar-refractivity contribution in [2.75, 3.05) is 26.2 Å². The van der Waals surface area contributed by atoms with Gasteiger partial charge in [0.05, 0.1) is 11.0 Å². The summed E-state index contributed by atoms with van der Waals surface area (Å²) >= 11 is 0. The second-order valence-electron chi connectivity index (χ2n) is 8.86. The number of likely N-dealkylation sites (tertiary alicyclic amines) is 1. The van der Waals surface area contributed by atoms with Gasteiger partial charge in [0.25, 0.3) is 5.91 Å². The average Bonchev–Trinajstić information content (AvgIpc) is 3.26. The molecular formula is C25H30N4O2. The Kier molecular flexibility index (Phi) is 5.40. The SMILES string of the molecule is Cn1c(=O)n(C2CCN(CCCCN3Cc4ccccc4C3=O)CC2)c2ccccc21. The van der Waals surface area contributed by atoms with Crippen LogP contribution in [-0.4, -0.2) is 51.0 Å². The van der Waals surface area contributed by atoms with Gasteiger partial charge in [0.2, 0.25) is 0 Å². The van der Waals surface area contributed by atoms with Crippen LogP contribution in [0.4, 0.5) is 0 Å². The predicted octanol–water partition coefficient (Wildman–Crippen LogP) is 3.41. The third-order valence-corrected chi connectivity index (χ3v) is 6.97. The standard InChI is InChI=1S/C25H30N4O2/c1-26-22-10-4-5-11-23(22)29(25(26)31)20-12-16-27(17-13-20)14-6-7-15-28-18-19-8-2-3-9-21(19)24(28)30/h2-5,8-11,20H,6-7,12-18H2,1H3. The second kappa shape index (κ2) is 8.35. The Morgan fingerprint density at radius 2 is 1.55 bits per heavy atom.